The highest BCUT2D eigenvalue weighted by Crippen LogP contribution is 2.29. The number of aliphatic hydroxyl groups is 1. The van der Waals surface area contributed by atoms with Crippen LogP contribution in [0.3, 0.4) is 0 Å². The summed E-state index contributed by atoms with van der Waals surface area (Å²) in [5, 5.41) is 9.35. The molecule has 1 N–H and O–H groups in total. The highest BCUT2D eigenvalue weighted by atomic mass is 16.5. The highest BCUT2D eigenvalue weighted by molar-refractivity contribution is 4.74. The third kappa shape index (κ3) is 3.58. The van der Waals surface area contributed by atoms with Crippen molar-refractivity contribution in [2.45, 2.75) is 71.2 Å². The van der Waals surface area contributed by atoms with E-state index in [-0.39, 0.29) is 12.2 Å². The van der Waals surface area contributed by atoms with E-state index in [0.717, 1.165) is 5.92 Å². The lowest BCUT2D eigenvalue weighted by Crippen LogP contribution is -2.31. The topological polar surface area (TPSA) is 29.5 Å². The molecule has 0 saturated heterocycles. The molecular weight excluding hydrogens is 176 g/mol. The van der Waals surface area contributed by atoms with E-state index in [1.54, 1.807) is 6.92 Å². The minimum absolute atomic E-state index is 0.0180. The van der Waals surface area contributed by atoms with Crippen molar-refractivity contribution >= 4 is 0 Å². The van der Waals surface area contributed by atoms with Crippen LogP contribution in [0, 0.1) is 5.92 Å². The first-order valence-electron chi connectivity index (χ1n) is 5.97. The second kappa shape index (κ2) is 5.72. The van der Waals surface area contributed by atoms with Gasteiger partial charge in [-0.15, -0.1) is 0 Å². The van der Waals surface area contributed by atoms with Crippen molar-refractivity contribution in [2.75, 3.05) is 0 Å². The van der Waals surface area contributed by atoms with Gasteiger partial charge in [0.05, 0.1) is 18.3 Å². The number of ether oxygens (including phenoxy) is 1. The van der Waals surface area contributed by atoms with Gasteiger partial charge in [-0.2, -0.15) is 0 Å². The molecule has 0 aromatic carbocycles. The number of hydrogen-bond acceptors (Lipinski definition) is 2. The summed E-state index contributed by atoms with van der Waals surface area (Å²) in [5.41, 5.74) is 0. The zero-order valence-corrected chi connectivity index (χ0v) is 9.70. The Kier molecular flexibility index (Phi) is 4.90. The zero-order valence-electron chi connectivity index (χ0n) is 9.70. The van der Waals surface area contributed by atoms with Crippen molar-refractivity contribution in [1.82, 2.24) is 0 Å². The van der Waals surface area contributed by atoms with Gasteiger partial charge in [0.25, 0.3) is 0 Å². The standard InChI is InChI=1S/C12H24O2/c1-4-11-6-5-7-12(8-11)14-10(3)9(2)13/h9-13H,4-8H2,1-3H3. The first kappa shape index (κ1) is 12.0. The fourth-order valence-electron chi connectivity index (χ4n) is 2.15. The normalized spacial score (nSPS) is 32.6. The lowest BCUT2D eigenvalue weighted by Gasteiger charge is -2.31. The van der Waals surface area contributed by atoms with Gasteiger partial charge in [0.15, 0.2) is 0 Å². The molecule has 1 saturated carbocycles. The molecule has 0 aliphatic heterocycles. The van der Waals surface area contributed by atoms with Crippen LogP contribution in [0.1, 0.15) is 52.9 Å². The first-order valence-corrected chi connectivity index (χ1v) is 5.97. The van der Waals surface area contributed by atoms with Crippen molar-refractivity contribution in [3.8, 4) is 0 Å². The van der Waals surface area contributed by atoms with Crippen LogP contribution in [0.4, 0.5) is 0 Å². The molecule has 1 rings (SSSR count). The smallest absolute Gasteiger partial charge is 0.0806 e. The monoisotopic (exact) mass is 200 g/mol. The summed E-state index contributed by atoms with van der Waals surface area (Å²) in [4.78, 5) is 0. The molecular formula is C12H24O2. The van der Waals surface area contributed by atoms with E-state index in [0.29, 0.717) is 6.10 Å². The molecule has 84 valence electrons. The van der Waals surface area contributed by atoms with Crippen LogP contribution in [-0.2, 0) is 4.74 Å². The Hall–Kier alpha value is -0.0800. The van der Waals surface area contributed by atoms with E-state index in [9.17, 15) is 5.11 Å². The van der Waals surface area contributed by atoms with Crippen LogP contribution in [0.15, 0.2) is 0 Å². The fraction of sp³-hybridized carbons (Fsp3) is 1.00. The minimum Gasteiger partial charge on any atom is -0.391 e. The van der Waals surface area contributed by atoms with Gasteiger partial charge in [-0.3, -0.25) is 0 Å². The molecule has 0 bridgehead atoms. The van der Waals surface area contributed by atoms with Gasteiger partial charge in [-0.1, -0.05) is 26.2 Å². The summed E-state index contributed by atoms with van der Waals surface area (Å²) in [5.74, 6) is 0.843. The Bertz CT molecular complexity index is 156. The molecule has 1 aliphatic rings. The van der Waals surface area contributed by atoms with Gasteiger partial charge in [-0.05, 0) is 32.6 Å². The average molecular weight is 200 g/mol. The van der Waals surface area contributed by atoms with E-state index in [1.807, 2.05) is 6.92 Å². The van der Waals surface area contributed by atoms with Crippen LogP contribution >= 0.6 is 0 Å². The summed E-state index contributed by atoms with van der Waals surface area (Å²) < 4.78 is 5.83. The van der Waals surface area contributed by atoms with Crippen LogP contribution in [0.5, 0.6) is 0 Å². The molecule has 4 atom stereocenters. The van der Waals surface area contributed by atoms with Crippen molar-refractivity contribution in [2.24, 2.45) is 5.92 Å². The van der Waals surface area contributed by atoms with Crippen molar-refractivity contribution in [3.63, 3.8) is 0 Å². The summed E-state index contributed by atoms with van der Waals surface area (Å²) in [6.45, 7) is 6.01. The van der Waals surface area contributed by atoms with Crippen molar-refractivity contribution in [3.05, 3.63) is 0 Å². The maximum absolute atomic E-state index is 9.35. The van der Waals surface area contributed by atoms with Gasteiger partial charge in [0, 0.05) is 0 Å². The summed E-state index contributed by atoms with van der Waals surface area (Å²) in [6, 6.07) is 0. The van der Waals surface area contributed by atoms with E-state index in [2.05, 4.69) is 6.92 Å². The van der Waals surface area contributed by atoms with Gasteiger partial charge in [0.2, 0.25) is 0 Å². The maximum atomic E-state index is 9.35. The van der Waals surface area contributed by atoms with Crippen molar-refractivity contribution < 1.29 is 9.84 Å². The number of rotatable bonds is 4. The third-order valence-corrected chi connectivity index (χ3v) is 3.40. The van der Waals surface area contributed by atoms with Gasteiger partial charge >= 0.3 is 0 Å². The second-order valence-corrected chi connectivity index (χ2v) is 4.64. The molecule has 0 heterocycles. The van der Waals surface area contributed by atoms with E-state index in [1.165, 1.54) is 32.1 Å². The molecule has 0 radical (unpaired) electrons. The summed E-state index contributed by atoms with van der Waals surface area (Å²) in [7, 11) is 0. The lowest BCUT2D eigenvalue weighted by atomic mass is 9.85. The van der Waals surface area contributed by atoms with Crippen LogP contribution in [0.25, 0.3) is 0 Å². The SMILES string of the molecule is CCC1CCCC(OC(C)C(C)O)C1. The summed E-state index contributed by atoms with van der Waals surface area (Å²) in [6.07, 6.45) is 6.30. The predicted molar refractivity (Wildman–Crippen MR) is 58.3 cm³/mol. The Morgan fingerprint density at radius 3 is 2.64 bits per heavy atom. The molecule has 0 spiro atoms. The van der Waals surface area contributed by atoms with Crippen molar-refractivity contribution in [1.29, 1.82) is 0 Å². The molecule has 2 heteroatoms. The Balaban J connectivity index is 2.30. The van der Waals surface area contributed by atoms with Crippen LogP contribution in [-0.4, -0.2) is 23.4 Å². The molecule has 4 unspecified atom stereocenters. The Morgan fingerprint density at radius 1 is 1.36 bits per heavy atom. The first-order chi connectivity index (χ1) is 6.63. The predicted octanol–water partition coefficient (Wildman–Crippen LogP) is 2.74. The highest BCUT2D eigenvalue weighted by Gasteiger charge is 2.23. The molecule has 2 nitrogen and oxygen atoms in total. The lowest BCUT2D eigenvalue weighted by molar-refractivity contribution is -0.0793. The Morgan fingerprint density at radius 2 is 2.07 bits per heavy atom. The van der Waals surface area contributed by atoms with Gasteiger partial charge in [0.1, 0.15) is 0 Å². The average Bonchev–Trinajstić information content (AvgIpc) is 2.18. The molecule has 0 aromatic rings. The number of hydrogen-bond donors (Lipinski definition) is 1. The molecule has 0 amide bonds. The largest absolute Gasteiger partial charge is 0.391 e. The van der Waals surface area contributed by atoms with E-state index >= 15 is 0 Å². The molecule has 0 aromatic heterocycles. The minimum atomic E-state index is -0.350. The quantitative estimate of drug-likeness (QED) is 0.756. The molecule has 1 fully saturated rings. The van der Waals surface area contributed by atoms with Gasteiger partial charge in [-0.25, -0.2) is 0 Å². The third-order valence-electron chi connectivity index (χ3n) is 3.40. The van der Waals surface area contributed by atoms with E-state index < -0.39 is 0 Å². The van der Waals surface area contributed by atoms with Gasteiger partial charge < -0.3 is 9.84 Å². The number of aliphatic hydroxyl groups excluding tert-OH is 1. The molecule has 14 heavy (non-hydrogen) atoms. The zero-order chi connectivity index (χ0) is 10.6. The second-order valence-electron chi connectivity index (χ2n) is 4.64. The summed E-state index contributed by atoms with van der Waals surface area (Å²) >= 11 is 0. The maximum Gasteiger partial charge on any atom is 0.0806 e. The van der Waals surface area contributed by atoms with Crippen LogP contribution in [0.2, 0.25) is 0 Å². The van der Waals surface area contributed by atoms with E-state index in [4.69, 9.17) is 4.74 Å². The fourth-order valence-corrected chi connectivity index (χ4v) is 2.15. The van der Waals surface area contributed by atoms with Crippen LogP contribution < -0.4 is 0 Å². The Labute approximate surface area is 87.7 Å². The molecule has 1 aliphatic carbocycles.